The van der Waals surface area contributed by atoms with Crippen LogP contribution in [0.4, 0.5) is 0 Å². The van der Waals surface area contributed by atoms with E-state index in [2.05, 4.69) is 10.2 Å². The Labute approximate surface area is 79.8 Å². The highest BCUT2D eigenvalue weighted by Gasteiger charge is 2.28. The summed E-state index contributed by atoms with van der Waals surface area (Å²) in [7, 11) is 0. The number of carbonyl (C=O) groups excluding carboxylic acids is 1. The predicted molar refractivity (Wildman–Crippen MR) is 51.8 cm³/mol. The van der Waals surface area contributed by atoms with E-state index in [1.165, 1.54) is 0 Å². The molecule has 13 heavy (non-hydrogen) atoms. The lowest BCUT2D eigenvalue weighted by atomic mass is 9.84. The van der Waals surface area contributed by atoms with E-state index < -0.39 is 0 Å². The summed E-state index contributed by atoms with van der Waals surface area (Å²) >= 11 is 0. The first-order valence-corrected chi connectivity index (χ1v) is 4.70. The Bertz CT molecular complexity index is 156. The summed E-state index contributed by atoms with van der Waals surface area (Å²) in [6.45, 7) is 6.83. The van der Waals surface area contributed by atoms with Crippen LogP contribution in [0.5, 0.6) is 0 Å². The van der Waals surface area contributed by atoms with Gasteiger partial charge < -0.3 is 10.2 Å². The summed E-state index contributed by atoms with van der Waals surface area (Å²) in [5.41, 5.74) is -0.255. The molecular formula is C9H20N2O2. The maximum absolute atomic E-state index is 11.6. The Morgan fingerprint density at radius 1 is 1.46 bits per heavy atom. The number of hydrogen-bond donors (Lipinski definition) is 2. The minimum absolute atomic E-state index is 0.0783. The number of nitrogens with one attached hydrogen (secondary N) is 1. The van der Waals surface area contributed by atoms with E-state index in [0.29, 0.717) is 13.2 Å². The summed E-state index contributed by atoms with van der Waals surface area (Å²) in [6.07, 6.45) is 1.69. The third-order valence-corrected chi connectivity index (χ3v) is 2.61. The predicted octanol–water partition coefficient (Wildman–Crippen LogP) is 0.819. The lowest BCUT2D eigenvalue weighted by Crippen LogP contribution is -2.39. The van der Waals surface area contributed by atoms with Gasteiger partial charge in [-0.15, -0.1) is 0 Å². The van der Waals surface area contributed by atoms with Crippen molar-refractivity contribution in [2.45, 2.75) is 33.6 Å². The maximum atomic E-state index is 11.6. The molecule has 0 aromatic heterocycles. The van der Waals surface area contributed by atoms with Gasteiger partial charge in [0.1, 0.15) is 0 Å². The first kappa shape index (κ1) is 12.4. The number of carbonyl (C=O) groups is 1. The van der Waals surface area contributed by atoms with Crippen LogP contribution in [0.1, 0.15) is 33.6 Å². The standard InChI is InChI=1S/C9H20N2O2/c1-4-9(3,5-2)8(12)11-6-7-13-10/h4-7,10H2,1-3H3,(H,11,12). The van der Waals surface area contributed by atoms with Crippen LogP contribution in [0.15, 0.2) is 0 Å². The molecular weight excluding hydrogens is 168 g/mol. The fourth-order valence-corrected chi connectivity index (χ4v) is 1.01. The van der Waals surface area contributed by atoms with Gasteiger partial charge in [-0.25, -0.2) is 5.90 Å². The van der Waals surface area contributed by atoms with Crippen molar-refractivity contribution in [1.82, 2.24) is 5.32 Å². The quantitative estimate of drug-likeness (QED) is 0.479. The zero-order valence-corrected chi connectivity index (χ0v) is 8.72. The zero-order chi connectivity index (χ0) is 10.3. The topological polar surface area (TPSA) is 64.3 Å². The molecule has 0 saturated carbocycles. The second kappa shape index (κ2) is 5.94. The van der Waals surface area contributed by atoms with Crippen molar-refractivity contribution in [2.24, 2.45) is 11.3 Å². The highest BCUT2D eigenvalue weighted by molar-refractivity contribution is 5.82. The van der Waals surface area contributed by atoms with E-state index >= 15 is 0 Å². The molecule has 0 heterocycles. The van der Waals surface area contributed by atoms with Gasteiger partial charge in [0, 0.05) is 12.0 Å². The van der Waals surface area contributed by atoms with E-state index in [4.69, 9.17) is 5.90 Å². The molecule has 4 heteroatoms. The van der Waals surface area contributed by atoms with Crippen LogP contribution >= 0.6 is 0 Å². The van der Waals surface area contributed by atoms with Gasteiger partial charge in [-0.1, -0.05) is 20.8 Å². The first-order valence-electron chi connectivity index (χ1n) is 4.70. The van der Waals surface area contributed by atoms with Crippen LogP contribution in [0.2, 0.25) is 0 Å². The molecule has 0 rings (SSSR count). The number of hydrogen-bond acceptors (Lipinski definition) is 3. The monoisotopic (exact) mass is 188 g/mol. The average Bonchev–Trinajstić information content (AvgIpc) is 2.17. The molecule has 0 aromatic rings. The summed E-state index contributed by atoms with van der Waals surface area (Å²) in [4.78, 5) is 16.0. The molecule has 3 N–H and O–H groups in total. The van der Waals surface area contributed by atoms with Crippen molar-refractivity contribution in [1.29, 1.82) is 0 Å². The maximum Gasteiger partial charge on any atom is 0.225 e. The van der Waals surface area contributed by atoms with Crippen molar-refractivity contribution in [3.63, 3.8) is 0 Å². The SMILES string of the molecule is CCC(C)(CC)C(=O)NCCON. The van der Waals surface area contributed by atoms with E-state index in [1.54, 1.807) is 0 Å². The van der Waals surface area contributed by atoms with E-state index in [9.17, 15) is 4.79 Å². The highest BCUT2D eigenvalue weighted by atomic mass is 16.6. The third-order valence-electron chi connectivity index (χ3n) is 2.61. The van der Waals surface area contributed by atoms with Gasteiger partial charge in [0.25, 0.3) is 0 Å². The molecule has 4 nitrogen and oxygen atoms in total. The Balaban J connectivity index is 3.92. The minimum Gasteiger partial charge on any atom is -0.353 e. The van der Waals surface area contributed by atoms with Crippen LogP contribution in [-0.4, -0.2) is 19.1 Å². The van der Waals surface area contributed by atoms with Crippen molar-refractivity contribution in [2.75, 3.05) is 13.2 Å². The van der Waals surface area contributed by atoms with E-state index in [1.807, 2.05) is 20.8 Å². The minimum atomic E-state index is -0.255. The molecule has 0 radical (unpaired) electrons. The van der Waals surface area contributed by atoms with E-state index in [0.717, 1.165) is 12.8 Å². The van der Waals surface area contributed by atoms with Gasteiger partial charge in [0.2, 0.25) is 5.91 Å². The van der Waals surface area contributed by atoms with Crippen molar-refractivity contribution < 1.29 is 9.63 Å². The number of rotatable bonds is 6. The van der Waals surface area contributed by atoms with Crippen molar-refractivity contribution >= 4 is 5.91 Å². The van der Waals surface area contributed by atoms with Gasteiger partial charge >= 0.3 is 0 Å². The summed E-state index contributed by atoms with van der Waals surface area (Å²) in [5.74, 6) is 4.92. The van der Waals surface area contributed by atoms with Gasteiger partial charge in [-0.3, -0.25) is 4.79 Å². The molecule has 0 aromatic carbocycles. The Hall–Kier alpha value is -0.610. The van der Waals surface area contributed by atoms with Crippen LogP contribution in [-0.2, 0) is 9.63 Å². The van der Waals surface area contributed by atoms with Crippen LogP contribution in [0.3, 0.4) is 0 Å². The van der Waals surface area contributed by atoms with Crippen LogP contribution in [0, 0.1) is 5.41 Å². The van der Waals surface area contributed by atoms with Crippen LogP contribution < -0.4 is 11.2 Å². The fourth-order valence-electron chi connectivity index (χ4n) is 1.01. The van der Waals surface area contributed by atoms with Crippen molar-refractivity contribution in [3.05, 3.63) is 0 Å². The van der Waals surface area contributed by atoms with Gasteiger partial charge in [-0.05, 0) is 12.8 Å². The smallest absolute Gasteiger partial charge is 0.225 e. The average molecular weight is 188 g/mol. The largest absolute Gasteiger partial charge is 0.353 e. The second-order valence-corrected chi connectivity index (χ2v) is 3.39. The third kappa shape index (κ3) is 3.74. The van der Waals surface area contributed by atoms with Gasteiger partial charge in [0.15, 0.2) is 0 Å². The first-order chi connectivity index (χ1) is 6.10. The normalized spacial score (nSPS) is 11.4. The van der Waals surface area contributed by atoms with Gasteiger partial charge in [-0.2, -0.15) is 0 Å². The second-order valence-electron chi connectivity index (χ2n) is 3.39. The van der Waals surface area contributed by atoms with Crippen molar-refractivity contribution in [3.8, 4) is 0 Å². The lowest BCUT2D eigenvalue weighted by molar-refractivity contribution is -0.130. The lowest BCUT2D eigenvalue weighted by Gasteiger charge is -2.24. The molecule has 0 saturated heterocycles. The van der Waals surface area contributed by atoms with E-state index in [-0.39, 0.29) is 11.3 Å². The molecule has 0 aliphatic heterocycles. The number of amides is 1. The molecule has 0 aliphatic rings. The Morgan fingerprint density at radius 3 is 2.38 bits per heavy atom. The molecule has 0 unspecified atom stereocenters. The molecule has 0 atom stereocenters. The molecule has 0 bridgehead atoms. The molecule has 78 valence electrons. The molecule has 1 amide bonds. The van der Waals surface area contributed by atoms with Crippen LogP contribution in [0.25, 0.3) is 0 Å². The summed E-state index contributed by atoms with van der Waals surface area (Å²) in [5, 5.41) is 2.78. The Kier molecular flexibility index (Phi) is 5.66. The zero-order valence-electron chi connectivity index (χ0n) is 8.72. The fraction of sp³-hybridized carbons (Fsp3) is 0.889. The van der Waals surface area contributed by atoms with Gasteiger partial charge in [0.05, 0.1) is 6.61 Å². The number of nitrogens with two attached hydrogens (primary N) is 1. The highest BCUT2D eigenvalue weighted by Crippen LogP contribution is 2.24. The molecule has 0 spiro atoms. The molecule has 0 aliphatic carbocycles. The summed E-state index contributed by atoms with van der Waals surface area (Å²) < 4.78 is 0. The molecule has 0 fully saturated rings. The Morgan fingerprint density at radius 2 is 2.00 bits per heavy atom. The summed E-state index contributed by atoms with van der Waals surface area (Å²) in [6, 6.07) is 0.